The number of anilines is 1. The van der Waals surface area contributed by atoms with Crippen LogP contribution in [0.2, 0.25) is 0 Å². The summed E-state index contributed by atoms with van der Waals surface area (Å²) in [7, 11) is -3.07. The molecule has 1 unspecified atom stereocenters. The van der Waals surface area contributed by atoms with Crippen LogP contribution in [0.5, 0.6) is 0 Å². The topological polar surface area (TPSA) is 105 Å². The van der Waals surface area contributed by atoms with E-state index in [1.54, 1.807) is 19.2 Å². The molecule has 1 fully saturated rings. The molecule has 1 aliphatic carbocycles. The van der Waals surface area contributed by atoms with Crippen LogP contribution in [-0.4, -0.2) is 26.1 Å². The number of aromatic nitrogens is 2. The lowest BCUT2D eigenvalue weighted by molar-refractivity contribution is -0.141. The molecule has 2 heterocycles. The first-order chi connectivity index (χ1) is 12.6. The lowest BCUT2D eigenvalue weighted by Gasteiger charge is -2.10. The van der Waals surface area contributed by atoms with Crippen LogP contribution in [0.1, 0.15) is 42.5 Å². The molecule has 3 N–H and O–H groups in total. The van der Waals surface area contributed by atoms with Gasteiger partial charge in [-0.05, 0) is 36.5 Å². The monoisotopic (exact) mass is 397 g/mol. The third-order valence-corrected chi connectivity index (χ3v) is 6.07. The van der Waals surface area contributed by atoms with Gasteiger partial charge in [-0.15, -0.1) is 0 Å². The highest BCUT2D eigenvalue weighted by Gasteiger charge is 2.32. The van der Waals surface area contributed by atoms with Gasteiger partial charge in [-0.1, -0.05) is 6.92 Å². The Morgan fingerprint density at radius 1 is 1.33 bits per heavy atom. The molecule has 0 saturated heterocycles. The van der Waals surface area contributed by atoms with Gasteiger partial charge in [-0.2, -0.15) is 13.2 Å². The van der Waals surface area contributed by atoms with Crippen molar-refractivity contribution in [2.45, 2.75) is 36.8 Å². The van der Waals surface area contributed by atoms with Gasteiger partial charge in [-0.25, -0.2) is 19.0 Å². The number of hydrogen-bond acceptors (Lipinski definition) is 6. The average Bonchev–Trinajstić information content (AvgIpc) is 3.45. The summed E-state index contributed by atoms with van der Waals surface area (Å²) < 4.78 is 58.7. The quantitative estimate of drug-likeness (QED) is 0.740. The molecule has 0 spiro atoms. The molecule has 0 amide bonds. The number of pyridine rings is 2. The molecule has 2 aromatic heterocycles. The average molecular weight is 397 g/mol. The Morgan fingerprint density at radius 2 is 2.04 bits per heavy atom. The van der Waals surface area contributed by atoms with E-state index in [1.807, 2.05) is 0 Å². The third kappa shape index (κ3) is 4.26. The van der Waals surface area contributed by atoms with Crippen LogP contribution in [0.4, 0.5) is 24.7 Å². The maximum absolute atomic E-state index is 12.7. The summed E-state index contributed by atoms with van der Waals surface area (Å²) in [6, 6.07) is 2.43. The van der Waals surface area contributed by atoms with Crippen molar-refractivity contribution in [1.82, 2.24) is 9.97 Å². The van der Waals surface area contributed by atoms with Gasteiger partial charge in [0.1, 0.15) is 5.69 Å². The van der Waals surface area contributed by atoms with Crippen LogP contribution >= 0.6 is 0 Å². The number of nitrogens with two attached hydrogens (primary N) is 1. The highest BCUT2D eigenvalue weighted by molar-refractivity contribution is 7.92. The number of rotatable bonds is 5. The van der Waals surface area contributed by atoms with Crippen LogP contribution in [0.3, 0.4) is 0 Å². The lowest BCUT2D eigenvalue weighted by atomic mass is 10.2. The number of nitrogen functional groups attached to an aromatic ring is 1. The van der Waals surface area contributed by atoms with Crippen LogP contribution in [-0.2, 0) is 15.9 Å². The van der Waals surface area contributed by atoms with Gasteiger partial charge >= 0.3 is 6.18 Å². The summed E-state index contributed by atoms with van der Waals surface area (Å²) in [6.07, 6.45) is 1.29. The number of nitrogens with zero attached hydrogens (tertiary/aromatic N) is 3. The van der Waals surface area contributed by atoms with E-state index < -0.39 is 21.6 Å². The molecule has 0 radical (unpaired) electrons. The van der Waals surface area contributed by atoms with Gasteiger partial charge < -0.3 is 5.73 Å². The predicted octanol–water partition coefficient (Wildman–Crippen LogP) is 4.13. The summed E-state index contributed by atoms with van der Waals surface area (Å²) in [4.78, 5) is 11.9. The summed E-state index contributed by atoms with van der Waals surface area (Å²) in [5.41, 5.74) is 5.53. The van der Waals surface area contributed by atoms with Crippen molar-refractivity contribution in [2.24, 2.45) is 4.99 Å². The summed E-state index contributed by atoms with van der Waals surface area (Å²) in [5.74, 6) is 0.576. The molecule has 6 nitrogen and oxygen atoms in total. The van der Waals surface area contributed by atoms with E-state index in [2.05, 4.69) is 15.0 Å². The zero-order valence-corrected chi connectivity index (χ0v) is 15.3. The second-order valence-corrected chi connectivity index (χ2v) is 8.65. The van der Waals surface area contributed by atoms with E-state index in [0.29, 0.717) is 5.92 Å². The van der Waals surface area contributed by atoms with Crippen molar-refractivity contribution in [3.8, 4) is 0 Å². The van der Waals surface area contributed by atoms with Crippen LogP contribution in [0.15, 0.2) is 34.4 Å². The fourth-order valence-electron chi connectivity index (χ4n) is 2.46. The summed E-state index contributed by atoms with van der Waals surface area (Å²) in [5, 5.41) is 0. The molecule has 0 bridgehead atoms. The molecule has 1 aliphatic rings. The standard InChI is InChI=1S/C17H18F3N5OS/c1-2-27(22,26)14-5-11(10-3-4-10)7-24-16(14)25-9-12-8-23-15(6-13(12)21)17(18,19)20/h5-10,22H,2-4H2,1H3,(H2,21,23)/b25-9+. The normalized spacial score (nSPS) is 17.2. The Hall–Kier alpha value is -2.49. The van der Waals surface area contributed by atoms with Crippen molar-refractivity contribution < 1.29 is 17.4 Å². The molecular formula is C17H18F3N5OS. The van der Waals surface area contributed by atoms with Gasteiger partial charge in [0.2, 0.25) is 0 Å². The van der Waals surface area contributed by atoms with E-state index in [-0.39, 0.29) is 27.7 Å². The van der Waals surface area contributed by atoms with Gasteiger partial charge in [0.15, 0.2) is 5.82 Å². The minimum absolute atomic E-state index is 0.0977. The van der Waals surface area contributed by atoms with Gasteiger partial charge in [-0.3, -0.25) is 4.98 Å². The number of nitrogens with one attached hydrogen (secondary N) is 1. The lowest BCUT2D eigenvalue weighted by Crippen LogP contribution is -2.09. The Morgan fingerprint density at radius 3 is 2.59 bits per heavy atom. The maximum atomic E-state index is 12.7. The fourth-order valence-corrected chi connectivity index (χ4v) is 3.50. The van der Waals surface area contributed by atoms with Crippen molar-refractivity contribution in [2.75, 3.05) is 11.5 Å². The number of halogens is 3. The first kappa shape index (κ1) is 19.3. The van der Waals surface area contributed by atoms with Crippen molar-refractivity contribution in [3.63, 3.8) is 0 Å². The highest BCUT2D eigenvalue weighted by atomic mass is 32.2. The largest absolute Gasteiger partial charge is 0.433 e. The van der Waals surface area contributed by atoms with E-state index >= 15 is 0 Å². The zero-order chi connectivity index (χ0) is 19.8. The molecule has 1 atom stereocenters. The Kier molecular flexibility index (Phi) is 4.94. The van der Waals surface area contributed by atoms with Crippen LogP contribution < -0.4 is 5.73 Å². The highest BCUT2D eigenvalue weighted by Crippen LogP contribution is 2.41. The number of alkyl halides is 3. The van der Waals surface area contributed by atoms with Crippen LogP contribution in [0.25, 0.3) is 0 Å². The predicted molar refractivity (Wildman–Crippen MR) is 96.8 cm³/mol. The van der Waals surface area contributed by atoms with Crippen molar-refractivity contribution in [3.05, 3.63) is 41.3 Å². The number of aliphatic imine (C=N–C) groups is 1. The maximum Gasteiger partial charge on any atom is 0.433 e. The van der Waals surface area contributed by atoms with E-state index in [1.165, 1.54) is 6.21 Å². The Labute approximate surface area is 154 Å². The summed E-state index contributed by atoms with van der Waals surface area (Å²) in [6.45, 7) is 1.64. The van der Waals surface area contributed by atoms with Gasteiger partial charge in [0.05, 0.1) is 14.6 Å². The molecule has 10 heteroatoms. The molecule has 0 aromatic carbocycles. The second-order valence-electron chi connectivity index (χ2n) is 6.28. The Balaban J connectivity index is 1.97. The minimum Gasteiger partial charge on any atom is -0.398 e. The first-order valence-electron chi connectivity index (χ1n) is 8.25. The fraction of sp³-hybridized carbons (Fsp3) is 0.353. The van der Waals surface area contributed by atoms with Crippen molar-refractivity contribution in [1.29, 1.82) is 4.78 Å². The Bertz CT molecular complexity index is 998. The minimum atomic E-state index is -4.59. The molecule has 27 heavy (non-hydrogen) atoms. The molecule has 2 aromatic rings. The summed E-state index contributed by atoms with van der Waals surface area (Å²) >= 11 is 0. The van der Waals surface area contributed by atoms with E-state index in [4.69, 9.17) is 10.5 Å². The van der Waals surface area contributed by atoms with Crippen LogP contribution in [0, 0.1) is 4.78 Å². The third-order valence-electron chi connectivity index (χ3n) is 4.25. The first-order valence-corrected chi connectivity index (χ1v) is 9.97. The molecule has 0 aliphatic heterocycles. The molecule has 144 valence electrons. The van der Waals surface area contributed by atoms with Crippen molar-refractivity contribution >= 4 is 27.4 Å². The SMILES string of the molecule is CCS(=N)(=O)c1cc(C2CC2)cnc1/N=C/c1cnc(C(F)(F)F)cc1N. The second kappa shape index (κ2) is 6.91. The van der Waals surface area contributed by atoms with Gasteiger partial charge in [0, 0.05) is 35.6 Å². The molecular weight excluding hydrogens is 379 g/mol. The zero-order valence-electron chi connectivity index (χ0n) is 14.5. The van der Waals surface area contributed by atoms with Gasteiger partial charge in [0.25, 0.3) is 0 Å². The number of hydrogen-bond donors (Lipinski definition) is 2. The smallest absolute Gasteiger partial charge is 0.398 e. The van der Waals surface area contributed by atoms with E-state index in [9.17, 15) is 17.4 Å². The van der Waals surface area contributed by atoms with E-state index in [0.717, 1.165) is 30.7 Å². The molecule has 1 saturated carbocycles. The molecule has 3 rings (SSSR count).